The van der Waals surface area contributed by atoms with Crippen LogP contribution in [0.2, 0.25) is 0 Å². The lowest BCUT2D eigenvalue weighted by atomic mass is 10.2. The molecule has 2 heteroatoms. The summed E-state index contributed by atoms with van der Waals surface area (Å²) in [6, 6.07) is 7.54. The van der Waals surface area contributed by atoms with Gasteiger partial charge in [0.1, 0.15) is 5.75 Å². The molecule has 0 aliphatic rings. The van der Waals surface area contributed by atoms with E-state index in [9.17, 15) is 5.11 Å². The van der Waals surface area contributed by atoms with Gasteiger partial charge in [0.25, 0.3) is 0 Å². The molecule has 2 nitrogen and oxygen atoms in total. The molecule has 0 spiro atoms. The van der Waals surface area contributed by atoms with Crippen LogP contribution in [0.5, 0.6) is 5.75 Å². The molecule has 0 radical (unpaired) electrons. The van der Waals surface area contributed by atoms with Gasteiger partial charge in [-0.3, -0.25) is 0 Å². The Labute approximate surface area is 77.2 Å². The largest absolute Gasteiger partial charge is 0.508 e. The summed E-state index contributed by atoms with van der Waals surface area (Å²) in [6.45, 7) is 2.16. The highest BCUT2D eigenvalue weighted by atomic mass is 16.3. The zero-order chi connectivity index (χ0) is 9.26. The molecule has 0 fully saturated rings. The SMILES string of the molecule is CCCc1cc2ccc(O)cc2[nH]1. The summed E-state index contributed by atoms with van der Waals surface area (Å²) >= 11 is 0. The topological polar surface area (TPSA) is 36.0 Å². The second kappa shape index (κ2) is 3.13. The second-order valence-electron chi connectivity index (χ2n) is 3.32. The molecule has 0 amide bonds. The van der Waals surface area contributed by atoms with Crippen LogP contribution in [-0.4, -0.2) is 10.1 Å². The Morgan fingerprint density at radius 2 is 2.15 bits per heavy atom. The summed E-state index contributed by atoms with van der Waals surface area (Å²) in [7, 11) is 0. The number of phenolic OH excluding ortho intramolecular Hbond substituents is 1. The molecule has 1 aromatic carbocycles. The molecule has 0 saturated carbocycles. The first-order chi connectivity index (χ1) is 6.29. The molecular formula is C11H13NO. The number of aromatic nitrogens is 1. The molecular weight excluding hydrogens is 162 g/mol. The Morgan fingerprint density at radius 3 is 2.92 bits per heavy atom. The van der Waals surface area contributed by atoms with Crippen molar-refractivity contribution in [2.75, 3.05) is 0 Å². The molecule has 0 unspecified atom stereocenters. The lowest BCUT2D eigenvalue weighted by Gasteiger charge is -1.91. The van der Waals surface area contributed by atoms with E-state index < -0.39 is 0 Å². The maximum absolute atomic E-state index is 9.25. The fourth-order valence-electron chi connectivity index (χ4n) is 1.58. The number of aryl methyl sites for hydroxylation is 1. The number of fused-ring (bicyclic) bond motifs is 1. The smallest absolute Gasteiger partial charge is 0.117 e. The maximum atomic E-state index is 9.25. The van der Waals surface area contributed by atoms with Crippen LogP contribution in [-0.2, 0) is 6.42 Å². The van der Waals surface area contributed by atoms with E-state index in [0.29, 0.717) is 5.75 Å². The molecule has 0 bridgehead atoms. The number of nitrogens with one attached hydrogen (secondary N) is 1. The highest BCUT2D eigenvalue weighted by molar-refractivity contribution is 5.81. The molecule has 2 aromatic rings. The van der Waals surface area contributed by atoms with Gasteiger partial charge in [0, 0.05) is 17.3 Å². The lowest BCUT2D eigenvalue weighted by molar-refractivity contribution is 0.476. The molecule has 0 aliphatic carbocycles. The standard InChI is InChI=1S/C11H13NO/c1-2-3-9-6-8-4-5-10(13)7-11(8)12-9/h4-7,12-13H,2-3H2,1H3. The zero-order valence-corrected chi connectivity index (χ0v) is 7.67. The summed E-state index contributed by atoms with van der Waals surface area (Å²) in [5.41, 5.74) is 2.26. The summed E-state index contributed by atoms with van der Waals surface area (Å²) in [4.78, 5) is 3.28. The quantitative estimate of drug-likeness (QED) is 0.723. The normalized spacial score (nSPS) is 10.8. The number of phenols is 1. The van der Waals surface area contributed by atoms with Gasteiger partial charge in [-0.25, -0.2) is 0 Å². The van der Waals surface area contributed by atoms with E-state index in [1.807, 2.05) is 6.07 Å². The third-order valence-corrected chi connectivity index (χ3v) is 2.18. The lowest BCUT2D eigenvalue weighted by Crippen LogP contribution is -1.79. The van der Waals surface area contributed by atoms with Crippen molar-refractivity contribution < 1.29 is 5.11 Å². The molecule has 1 heterocycles. The molecule has 2 N–H and O–H groups in total. The Balaban J connectivity index is 2.49. The molecule has 2 rings (SSSR count). The van der Waals surface area contributed by atoms with Crippen LogP contribution in [0.25, 0.3) is 10.9 Å². The number of hydrogen-bond acceptors (Lipinski definition) is 1. The van der Waals surface area contributed by atoms with Crippen molar-refractivity contribution in [3.63, 3.8) is 0 Å². The highest BCUT2D eigenvalue weighted by Gasteiger charge is 1.99. The van der Waals surface area contributed by atoms with Crippen molar-refractivity contribution in [2.24, 2.45) is 0 Å². The summed E-state index contributed by atoms with van der Waals surface area (Å²) in [5, 5.41) is 10.4. The number of rotatable bonds is 2. The molecule has 0 aliphatic heterocycles. The van der Waals surface area contributed by atoms with Gasteiger partial charge in [-0.2, -0.15) is 0 Å². The summed E-state index contributed by atoms with van der Waals surface area (Å²) in [6.07, 6.45) is 2.20. The minimum absolute atomic E-state index is 0.317. The second-order valence-corrected chi connectivity index (χ2v) is 3.32. The summed E-state index contributed by atoms with van der Waals surface area (Å²) < 4.78 is 0. The van der Waals surface area contributed by atoms with Crippen molar-refractivity contribution in [3.8, 4) is 5.75 Å². The average Bonchev–Trinajstić information content (AvgIpc) is 2.46. The van der Waals surface area contributed by atoms with Crippen LogP contribution < -0.4 is 0 Å². The fraction of sp³-hybridized carbons (Fsp3) is 0.273. The number of aromatic hydroxyl groups is 1. The van der Waals surface area contributed by atoms with Crippen LogP contribution >= 0.6 is 0 Å². The van der Waals surface area contributed by atoms with Crippen LogP contribution in [0.1, 0.15) is 19.0 Å². The third-order valence-electron chi connectivity index (χ3n) is 2.18. The van der Waals surface area contributed by atoms with Gasteiger partial charge in [-0.15, -0.1) is 0 Å². The minimum Gasteiger partial charge on any atom is -0.508 e. The van der Waals surface area contributed by atoms with Crippen LogP contribution in [0.3, 0.4) is 0 Å². The Bertz CT molecular complexity index is 417. The van der Waals surface area contributed by atoms with Gasteiger partial charge >= 0.3 is 0 Å². The first kappa shape index (κ1) is 8.17. The van der Waals surface area contributed by atoms with E-state index >= 15 is 0 Å². The van der Waals surface area contributed by atoms with E-state index in [4.69, 9.17) is 0 Å². The number of benzene rings is 1. The van der Waals surface area contributed by atoms with Crippen molar-refractivity contribution in [2.45, 2.75) is 19.8 Å². The maximum Gasteiger partial charge on any atom is 0.117 e. The van der Waals surface area contributed by atoms with Gasteiger partial charge in [-0.05, 0) is 30.0 Å². The van der Waals surface area contributed by atoms with Crippen molar-refractivity contribution in [3.05, 3.63) is 30.0 Å². The monoisotopic (exact) mass is 175 g/mol. The van der Waals surface area contributed by atoms with Crippen molar-refractivity contribution in [1.29, 1.82) is 0 Å². The van der Waals surface area contributed by atoms with E-state index in [1.165, 1.54) is 11.1 Å². The third kappa shape index (κ3) is 1.52. The molecule has 0 saturated heterocycles. The predicted octanol–water partition coefficient (Wildman–Crippen LogP) is 2.83. The van der Waals surface area contributed by atoms with Gasteiger partial charge in [0.15, 0.2) is 0 Å². The fourth-order valence-corrected chi connectivity index (χ4v) is 1.58. The Morgan fingerprint density at radius 1 is 1.31 bits per heavy atom. The molecule has 68 valence electrons. The van der Waals surface area contributed by atoms with Crippen molar-refractivity contribution in [1.82, 2.24) is 4.98 Å². The Kier molecular flexibility index (Phi) is 1.97. The van der Waals surface area contributed by atoms with E-state index in [1.54, 1.807) is 12.1 Å². The van der Waals surface area contributed by atoms with Crippen LogP contribution in [0, 0.1) is 0 Å². The first-order valence-electron chi connectivity index (χ1n) is 4.60. The number of hydrogen-bond donors (Lipinski definition) is 2. The van der Waals surface area contributed by atoms with Gasteiger partial charge in [-0.1, -0.05) is 13.3 Å². The highest BCUT2D eigenvalue weighted by Crippen LogP contribution is 2.20. The van der Waals surface area contributed by atoms with E-state index in [-0.39, 0.29) is 0 Å². The molecule has 1 aromatic heterocycles. The zero-order valence-electron chi connectivity index (χ0n) is 7.67. The first-order valence-corrected chi connectivity index (χ1v) is 4.60. The number of H-pyrrole nitrogens is 1. The minimum atomic E-state index is 0.317. The number of aromatic amines is 1. The van der Waals surface area contributed by atoms with Gasteiger partial charge < -0.3 is 10.1 Å². The van der Waals surface area contributed by atoms with Gasteiger partial charge in [0.2, 0.25) is 0 Å². The molecule has 0 atom stereocenters. The van der Waals surface area contributed by atoms with E-state index in [0.717, 1.165) is 18.4 Å². The van der Waals surface area contributed by atoms with Crippen molar-refractivity contribution >= 4 is 10.9 Å². The van der Waals surface area contributed by atoms with E-state index in [2.05, 4.69) is 18.0 Å². The van der Waals surface area contributed by atoms with Crippen LogP contribution in [0.15, 0.2) is 24.3 Å². The molecule has 13 heavy (non-hydrogen) atoms. The summed E-state index contributed by atoms with van der Waals surface area (Å²) in [5.74, 6) is 0.317. The Hall–Kier alpha value is -1.44. The van der Waals surface area contributed by atoms with Crippen LogP contribution in [0.4, 0.5) is 0 Å². The van der Waals surface area contributed by atoms with Gasteiger partial charge in [0.05, 0.1) is 0 Å². The predicted molar refractivity (Wildman–Crippen MR) is 54.0 cm³/mol. The average molecular weight is 175 g/mol.